The molecule has 0 atom stereocenters. The Morgan fingerprint density at radius 3 is 2.39 bits per heavy atom. The highest BCUT2D eigenvalue weighted by atomic mass is 16.5. The minimum absolute atomic E-state index is 0.0299. The van der Waals surface area contributed by atoms with Crippen molar-refractivity contribution in [3.05, 3.63) is 35.4 Å². The molecule has 23 heavy (non-hydrogen) atoms. The molecule has 3 rings (SSSR count). The number of benzene rings is 1. The second-order valence-corrected chi connectivity index (χ2v) is 6.09. The van der Waals surface area contributed by atoms with Crippen molar-refractivity contribution in [2.75, 3.05) is 12.0 Å². The smallest absolute Gasteiger partial charge is 0.243 e. The van der Waals surface area contributed by atoms with Crippen LogP contribution in [-0.4, -0.2) is 18.9 Å². The lowest BCUT2D eigenvalue weighted by molar-refractivity contribution is -0.125. The van der Waals surface area contributed by atoms with Gasteiger partial charge in [-0.15, -0.1) is 0 Å². The summed E-state index contributed by atoms with van der Waals surface area (Å²) in [5.74, 6) is 0.576. The van der Waals surface area contributed by atoms with E-state index in [9.17, 15) is 10.1 Å². The van der Waals surface area contributed by atoms with Gasteiger partial charge in [-0.3, -0.25) is 15.1 Å². The molecule has 1 aromatic carbocycles. The summed E-state index contributed by atoms with van der Waals surface area (Å²) >= 11 is 0. The molecule has 0 radical (unpaired) electrons. The summed E-state index contributed by atoms with van der Waals surface area (Å²) in [6.45, 7) is 1.83. The van der Waals surface area contributed by atoms with Crippen LogP contribution in [0.3, 0.4) is 0 Å². The van der Waals surface area contributed by atoms with Gasteiger partial charge in [0.25, 0.3) is 0 Å². The van der Waals surface area contributed by atoms with Gasteiger partial charge >= 0.3 is 0 Å². The Morgan fingerprint density at radius 1 is 1.26 bits per heavy atom. The summed E-state index contributed by atoms with van der Waals surface area (Å²) in [5, 5.41) is 17.8. The van der Waals surface area contributed by atoms with Crippen molar-refractivity contribution in [1.29, 1.82) is 10.7 Å². The molecule has 1 saturated carbocycles. The maximum Gasteiger partial charge on any atom is 0.243 e. The Kier molecular flexibility index (Phi) is 3.69. The average Bonchev–Trinajstić information content (AvgIpc) is 3.06. The number of ether oxygens (including phenoxy) is 1. The van der Waals surface area contributed by atoms with E-state index in [0.29, 0.717) is 17.0 Å². The summed E-state index contributed by atoms with van der Waals surface area (Å²) in [4.78, 5) is 14.6. The monoisotopic (exact) mass is 309 g/mol. The number of hydrogen-bond acceptors (Lipinski definition) is 4. The molecule has 0 saturated heterocycles. The fourth-order valence-electron chi connectivity index (χ4n) is 3.69. The van der Waals surface area contributed by atoms with Crippen LogP contribution in [0.4, 0.5) is 5.69 Å². The maximum atomic E-state index is 13.2. The van der Waals surface area contributed by atoms with Gasteiger partial charge < -0.3 is 4.74 Å². The Bertz CT molecular complexity index is 735. The van der Waals surface area contributed by atoms with E-state index >= 15 is 0 Å². The summed E-state index contributed by atoms with van der Waals surface area (Å²) in [5.41, 5.74) is 1.07. The fourth-order valence-corrected chi connectivity index (χ4v) is 3.69. The van der Waals surface area contributed by atoms with Crippen molar-refractivity contribution in [3.63, 3.8) is 0 Å². The fraction of sp³-hybridized carbons (Fsp3) is 0.389. The molecule has 1 aliphatic carbocycles. The number of methoxy groups -OCH3 is 1. The minimum atomic E-state index is -0.616. The van der Waals surface area contributed by atoms with Gasteiger partial charge in [0.2, 0.25) is 5.91 Å². The Hall–Kier alpha value is -2.61. The summed E-state index contributed by atoms with van der Waals surface area (Å²) in [7, 11) is 1.58. The molecule has 1 heterocycles. The number of anilines is 1. The number of rotatable bonds is 2. The molecule has 1 aromatic rings. The van der Waals surface area contributed by atoms with E-state index in [1.807, 2.05) is 6.92 Å². The Morgan fingerprint density at radius 2 is 1.87 bits per heavy atom. The molecule has 118 valence electrons. The van der Waals surface area contributed by atoms with Crippen LogP contribution in [0.25, 0.3) is 0 Å². The van der Waals surface area contributed by atoms with Crippen molar-refractivity contribution in [3.8, 4) is 11.8 Å². The molecule has 2 aliphatic rings. The van der Waals surface area contributed by atoms with E-state index in [1.165, 1.54) is 4.90 Å². The highest BCUT2D eigenvalue weighted by Crippen LogP contribution is 2.49. The van der Waals surface area contributed by atoms with E-state index < -0.39 is 5.41 Å². The third-order valence-electron chi connectivity index (χ3n) is 5.07. The van der Waals surface area contributed by atoms with E-state index in [0.717, 1.165) is 31.3 Å². The molecule has 5 heteroatoms. The molecule has 1 amide bonds. The molecule has 1 aliphatic heterocycles. The Labute approximate surface area is 135 Å². The van der Waals surface area contributed by atoms with E-state index in [-0.39, 0.29) is 11.7 Å². The zero-order chi connectivity index (χ0) is 16.6. The number of carbonyl (C=O) groups excluding carboxylic acids is 1. The number of carbonyl (C=O) groups is 1. The van der Waals surface area contributed by atoms with E-state index in [2.05, 4.69) is 6.07 Å². The molecule has 1 N–H and O–H groups in total. The molecule has 0 aromatic heterocycles. The first kappa shape index (κ1) is 15.3. The molecule has 0 bridgehead atoms. The van der Waals surface area contributed by atoms with Gasteiger partial charge in [0.05, 0.1) is 23.8 Å². The topological polar surface area (TPSA) is 77.2 Å². The highest BCUT2D eigenvalue weighted by molar-refractivity contribution is 6.28. The van der Waals surface area contributed by atoms with Gasteiger partial charge in [0.15, 0.2) is 0 Å². The minimum Gasteiger partial charge on any atom is -0.497 e. The largest absolute Gasteiger partial charge is 0.497 e. The lowest BCUT2D eigenvalue weighted by Gasteiger charge is -2.40. The number of nitrogens with zero attached hydrogens (tertiary/aromatic N) is 2. The number of hydrogen-bond donors (Lipinski definition) is 1. The van der Waals surface area contributed by atoms with Crippen molar-refractivity contribution < 1.29 is 9.53 Å². The zero-order valence-electron chi connectivity index (χ0n) is 13.3. The number of amidine groups is 1. The van der Waals surface area contributed by atoms with Crippen LogP contribution >= 0.6 is 0 Å². The lowest BCUT2D eigenvalue weighted by atomic mass is 9.73. The average molecular weight is 309 g/mol. The van der Waals surface area contributed by atoms with Crippen molar-refractivity contribution in [1.82, 2.24) is 0 Å². The third kappa shape index (κ3) is 2.14. The first-order chi connectivity index (χ1) is 11.0. The molecule has 5 nitrogen and oxygen atoms in total. The van der Waals surface area contributed by atoms with Crippen LogP contribution in [0.15, 0.2) is 35.4 Å². The summed E-state index contributed by atoms with van der Waals surface area (Å²) in [6, 6.07) is 9.16. The van der Waals surface area contributed by atoms with Gasteiger partial charge in [0.1, 0.15) is 17.7 Å². The SMILES string of the molecule is COc1ccc(N2C(=N)C(C#N)=C(C)C3(CCCC3)C2=O)cc1. The molecular weight excluding hydrogens is 290 g/mol. The van der Waals surface area contributed by atoms with Crippen LogP contribution in [-0.2, 0) is 4.79 Å². The summed E-state index contributed by atoms with van der Waals surface area (Å²) in [6.07, 6.45) is 3.46. The van der Waals surface area contributed by atoms with Crippen LogP contribution in [0, 0.1) is 22.2 Å². The normalized spacial score (nSPS) is 20.1. The third-order valence-corrected chi connectivity index (χ3v) is 5.07. The van der Waals surface area contributed by atoms with Gasteiger partial charge in [-0.25, -0.2) is 0 Å². The number of nitrogens with one attached hydrogen (secondary N) is 1. The van der Waals surface area contributed by atoms with Crippen LogP contribution in [0.2, 0.25) is 0 Å². The maximum absolute atomic E-state index is 13.2. The zero-order valence-corrected chi connectivity index (χ0v) is 13.3. The highest BCUT2D eigenvalue weighted by Gasteiger charge is 2.51. The predicted octanol–water partition coefficient (Wildman–Crippen LogP) is 3.42. The first-order valence-electron chi connectivity index (χ1n) is 7.74. The van der Waals surface area contributed by atoms with E-state index in [4.69, 9.17) is 10.1 Å². The van der Waals surface area contributed by atoms with Crippen molar-refractivity contribution in [2.45, 2.75) is 32.6 Å². The molecular formula is C18H19N3O2. The second-order valence-electron chi connectivity index (χ2n) is 6.09. The van der Waals surface area contributed by atoms with Crippen LogP contribution < -0.4 is 9.64 Å². The standard InChI is InChI=1S/C18H19N3O2/c1-12-15(11-19)16(20)21(13-5-7-14(23-2)8-6-13)17(22)18(12)9-3-4-10-18/h5-8,20H,3-4,9-10H2,1-2H3. The van der Waals surface area contributed by atoms with Crippen molar-refractivity contribution >= 4 is 17.4 Å². The van der Waals surface area contributed by atoms with Gasteiger partial charge in [-0.05, 0) is 49.6 Å². The first-order valence-corrected chi connectivity index (χ1v) is 7.74. The van der Waals surface area contributed by atoms with Gasteiger partial charge in [-0.2, -0.15) is 5.26 Å². The number of nitriles is 1. The van der Waals surface area contributed by atoms with Crippen LogP contribution in [0.1, 0.15) is 32.6 Å². The van der Waals surface area contributed by atoms with Gasteiger partial charge in [-0.1, -0.05) is 12.8 Å². The van der Waals surface area contributed by atoms with Crippen molar-refractivity contribution in [2.24, 2.45) is 5.41 Å². The molecule has 0 unspecified atom stereocenters. The Balaban J connectivity index is 2.12. The summed E-state index contributed by atoms with van der Waals surface area (Å²) < 4.78 is 5.14. The number of amides is 1. The van der Waals surface area contributed by atoms with Gasteiger partial charge in [0, 0.05) is 0 Å². The van der Waals surface area contributed by atoms with Crippen LogP contribution in [0.5, 0.6) is 5.75 Å². The molecule has 1 fully saturated rings. The quantitative estimate of drug-likeness (QED) is 0.909. The molecule has 1 spiro atoms. The predicted molar refractivity (Wildman–Crippen MR) is 87.4 cm³/mol. The lowest BCUT2D eigenvalue weighted by Crippen LogP contribution is -2.51. The second kappa shape index (κ2) is 5.54. The van der Waals surface area contributed by atoms with E-state index in [1.54, 1.807) is 31.4 Å².